The number of halogens is 4. The number of carbonyl (C=O) groups is 1. The van der Waals surface area contributed by atoms with E-state index < -0.39 is 23.6 Å². The molecule has 6 heteroatoms. The third kappa shape index (κ3) is 3.64. The van der Waals surface area contributed by atoms with Crippen LogP contribution in [0.3, 0.4) is 0 Å². The summed E-state index contributed by atoms with van der Waals surface area (Å²) in [5.41, 5.74) is 0.158. The van der Waals surface area contributed by atoms with Crippen molar-refractivity contribution in [1.29, 1.82) is 0 Å². The Morgan fingerprint density at radius 3 is 2.43 bits per heavy atom. The van der Waals surface area contributed by atoms with Gasteiger partial charge >= 0.3 is 6.43 Å². The number of ketones is 1. The summed E-state index contributed by atoms with van der Waals surface area (Å²) in [6, 6.07) is 11.3. The molecule has 2 rings (SSSR count). The van der Waals surface area contributed by atoms with Gasteiger partial charge in [-0.05, 0) is 33.6 Å². The van der Waals surface area contributed by atoms with Crippen LogP contribution in [0.5, 0.6) is 5.75 Å². The number of hydrogen-bond donors (Lipinski definition) is 0. The molecule has 0 atom stereocenters. The molecular formula is C15H10BrF3O2. The second-order valence-electron chi connectivity index (χ2n) is 4.17. The maximum absolute atomic E-state index is 13.6. The number of alkyl halides is 2. The smallest absolute Gasteiger partial charge is 0.300 e. The molecule has 21 heavy (non-hydrogen) atoms. The second kappa shape index (κ2) is 6.76. The third-order valence-electron chi connectivity index (χ3n) is 2.74. The SMILES string of the molecule is O=C(c1c(F)ccc(OCc2ccccc2)c1Br)C(F)F. The molecule has 0 unspecified atom stereocenters. The molecule has 0 spiro atoms. The molecule has 0 radical (unpaired) electrons. The van der Waals surface area contributed by atoms with Gasteiger partial charge in [0.15, 0.2) is 0 Å². The summed E-state index contributed by atoms with van der Waals surface area (Å²) in [4.78, 5) is 11.3. The number of ether oxygens (including phenoxy) is 1. The highest BCUT2D eigenvalue weighted by Crippen LogP contribution is 2.32. The standard InChI is InChI=1S/C15H10BrF3O2/c16-13-11(21-8-9-4-2-1-3-5-9)7-6-10(17)12(13)14(20)15(18)19/h1-7,15H,8H2. The maximum Gasteiger partial charge on any atom is 0.300 e. The molecule has 0 aliphatic rings. The summed E-state index contributed by atoms with van der Waals surface area (Å²) in [5, 5.41) is 0. The first kappa shape index (κ1) is 15.6. The van der Waals surface area contributed by atoms with Crippen molar-refractivity contribution in [3.8, 4) is 5.75 Å². The van der Waals surface area contributed by atoms with E-state index in [1.165, 1.54) is 6.07 Å². The van der Waals surface area contributed by atoms with Gasteiger partial charge in [0, 0.05) is 0 Å². The molecular weight excluding hydrogens is 349 g/mol. The average molecular weight is 359 g/mol. The van der Waals surface area contributed by atoms with Crippen molar-refractivity contribution in [3.05, 3.63) is 63.9 Å². The van der Waals surface area contributed by atoms with Gasteiger partial charge in [0.05, 0.1) is 10.0 Å². The van der Waals surface area contributed by atoms with Crippen molar-refractivity contribution in [3.63, 3.8) is 0 Å². The Kier molecular flexibility index (Phi) is 5.01. The molecule has 0 saturated heterocycles. The van der Waals surface area contributed by atoms with Crippen LogP contribution in [0, 0.1) is 5.82 Å². The summed E-state index contributed by atoms with van der Waals surface area (Å²) >= 11 is 2.96. The monoisotopic (exact) mass is 358 g/mol. The molecule has 0 heterocycles. The zero-order chi connectivity index (χ0) is 15.4. The summed E-state index contributed by atoms with van der Waals surface area (Å²) in [7, 11) is 0. The number of hydrogen-bond acceptors (Lipinski definition) is 2. The number of benzene rings is 2. The minimum atomic E-state index is -3.28. The van der Waals surface area contributed by atoms with Crippen LogP contribution < -0.4 is 4.74 Å². The Hall–Kier alpha value is -1.82. The van der Waals surface area contributed by atoms with E-state index in [2.05, 4.69) is 15.9 Å². The Morgan fingerprint density at radius 1 is 1.14 bits per heavy atom. The molecule has 2 aromatic rings. The van der Waals surface area contributed by atoms with E-state index in [0.29, 0.717) is 0 Å². The average Bonchev–Trinajstić information content (AvgIpc) is 2.47. The zero-order valence-corrected chi connectivity index (χ0v) is 12.2. The van der Waals surface area contributed by atoms with Crippen molar-refractivity contribution in [2.24, 2.45) is 0 Å². The van der Waals surface area contributed by atoms with Gasteiger partial charge in [-0.3, -0.25) is 4.79 Å². The Bertz CT molecular complexity index is 645. The van der Waals surface area contributed by atoms with Crippen LogP contribution in [0.2, 0.25) is 0 Å². The fraction of sp³-hybridized carbons (Fsp3) is 0.133. The minimum absolute atomic E-state index is 0.108. The molecule has 0 amide bonds. The molecule has 0 bridgehead atoms. The van der Waals surface area contributed by atoms with Crippen molar-refractivity contribution in [2.75, 3.05) is 0 Å². The van der Waals surface area contributed by atoms with Gasteiger partial charge in [0.25, 0.3) is 0 Å². The summed E-state index contributed by atoms with van der Waals surface area (Å²) in [6.45, 7) is 0.174. The van der Waals surface area contributed by atoms with Gasteiger partial charge in [-0.15, -0.1) is 0 Å². The van der Waals surface area contributed by atoms with E-state index in [1.807, 2.05) is 30.3 Å². The van der Waals surface area contributed by atoms with Crippen LogP contribution in [0.4, 0.5) is 13.2 Å². The van der Waals surface area contributed by atoms with Gasteiger partial charge in [0.2, 0.25) is 5.78 Å². The lowest BCUT2D eigenvalue weighted by molar-refractivity contribution is 0.0672. The van der Waals surface area contributed by atoms with Gasteiger partial charge in [0.1, 0.15) is 18.2 Å². The van der Waals surface area contributed by atoms with E-state index in [9.17, 15) is 18.0 Å². The first-order chi connectivity index (χ1) is 10.0. The number of carbonyl (C=O) groups excluding carboxylic acids is 1. The van der Waals surface area contributed by atoms with Gasteiger partial charge in [-0.2, -0.15) is 0 Å². The Balaban J connectivity index is 2.25. The van der Waals surface area contributed by atoms with Gasteiger partial charge in [-0.1, -0.05) is 30.3 Å². The summed E-state index contributed by atoms with van der Waals surface area (Å²) in [5.74, 6) is -2.46. The quantitative estimate of drug-likeness (QED) is 0.729. The zero-order valence-electron chi connectivity index (χ0n) is 10.7. The molecule has 0 aromatic heterocycles. The Labute approximate surface area is 127 Å². The maximum atomic E-state index is 13.6. The molecule has 2 aromatic carbocycles. The number of rotatable bonds is 5. The highest BCUT2D eigenvalue weighted by molar-refractivity contribution is 9.10. The number of Topliss-reactive ketones (excluding diaryl/α,β-unsaturated/α-hetero) is 1. The minimum Gasteiger partial charge on any atom is -0.488 e. The highest BCUT2D eigenvalue weighted by Gasteiger charge is 2.26. The van der Waals surface area contributed by atoms with Crippen LogP contribution >= 0.6 is 15.9 Å². The first-order valence-electron chi connectivity index (χ1n) is 5.97. The molecule has 0 aliphatic carbocycles. The molecule has 0 saturated carbocycles. The van der Waals surface area contributed by atoms with Crippen LogP contribution in [0.15, 0.2) is 46.9 Å². The summed E-state index contributed by atoms with van der Waals surface area (Å²) < 4.78 is 43.9. The summed E-state index contributed by atoms with van der Waals surface area (Å²) in [6.07, 6.45) is -3.28. The van der Waals surface area contributed by atoms with Crippen molar-refractivity contribution in [2.45, 2.75) is 13.0 Å². The lowest BCUT2D eigenvalue weighted by Gasteiger charge is -2.12. The molecule has 0 aliphatic heterocycles. The topological polar surface area (TPSA) is 26.3 Å². The van der Waals surface area contributed by atoms with E-state index in [-0.39, 0.29) is 16.8 Å². The van der Waals surface area contributed by atoms with Crippen molar-refractivity contribution < 1.29 is 22.7 Å². The third-order valence-corrected chi connectivity index (χ3v) is 3.52. The fourth-order valence-electron chi connectivity index (χ4n) is 1.72. The molecule has 0 N–H and O–H groups in total. The van der Waals surface area contributed by atoms with E-state index >= 15 is 0 Å². The van der Waals surface area contributed by atoms with Crippen LogP contribution in [0.25, 0.3) is 0 Å². The van der Waals surface area contributed by atoms with Crippen molar-refractivity contribution >= 4 is 21.7 Å². The lowest BCUT2D eigenvalue weighted by Crippen LogP contribution is -2.13. The Morgan fingerprint density at radius 2 is 1.81 bits per heavy atom. The highest BCUT2D eigenvalue weighted by atomic mass is 79.9. The second-order valence-corrected chi connectivity index (χ2v) is 4.97. The lowest BCUT2D eigenvalue weighted by atomic mass is 10.1. The predicted molar refractivity (Wildman–Crippen MR) is 75.2 cm³/mol. The van der Waals surface area contributed by atoms with Crippen molar-refractivity contribution in [1.82, 2.24) is 0 Å². The van der Waals surface area contributed by atoms with Gasteiger partial charge in [-0.25, -0.2) is 13.2 Å². The first-order valence-corrected chi connectivity index (χ1v) is 6.77. The molecule has 2 nitrogen and oxygen atoms in total. The van der Waals surface area contributed by atoms with Crippen LogP contribution in [0.1, 0.15) is 15.9 Å². The van der Waals surface area contributed by atoms with Crippen LogP contribution in [-0.4, -0.2) is 12.2 Å². The molecule has 110 valence electrons. The van der Waals surface area contributed by atoms with Crippen LogP contribution in [-0.2, 0) is 6.61 Å². The predicted octanol–water partition coefficient (Wildman–Crippen LogP) is 4.62. The van der Waals surface area contributed by atoms with E-state index in [4.69, 9.17) is 4.74 Å². The van der Waals surface area contributed by atoms with E-state index in [1.54, 1.807) is 0 Å². The fourth-order valence-corrected chi connectivity index (χ4v) is 2.35. The largest absolute Gasteiger partial charge is 0.488 e. The molecule has 0 fully saturated rings. The normalized spacial score (nSPS) is 10.7. The van der Waals surface area contributed by atoms with E-state index in [0.717, 1.165) is 11.6 Å². The van der Waals surface area contributed by atoms with Gasteiger partial charge < -0.3 is 4.74 Å².